The molecule has 1 aromatic rings. The zero-order chi connectivity index (χ0) is 20.9. The summed E-state index contributed by atoms with van der Waals surface area (Å²) < 4.78 is 0. The molecule has 0 aliphatic heterocycles. The van der Waals surface area contributed by atoms with E-state index in [9.17, 15) is 0 Å². The van der Waals surface area contributed by atoms with Gasteiger partial charge in [-0.2, -0.15) is 0 Å². The van der Waals surface area contributed by atoms with E-state index >= 15 is 0 Å². The first-order valence-electron chi connectivity index (χ1n) is 9.57. The zero-order valence-corrected chi connectivity index (χ0v) is 20.0. The fraction of sp³-hybridized carbons (Fsp3) is 0.714. The Bertz CT molecular complexity index is 399. The third-order valence-electron chi connectivity index (χ3n) is 4.01. The summed E-state index contributed by atoms with van der Waals surface area (Å²) in [4.78, 5) is 0. The van der Waals surface area contributed by atoms with Gasteiger partial charge in [0.2, 0.25) is 0 Å². The molecule has 0 bridgehead atoms. The Morgan fingerprint density at radius 3 is 0.786 bits per heavy atom. The molecule has 0 unspecified atom stereocenters. The molecule has 0 saturated heterocycles. The average Bonchev–Trinajstić information content (AvgIpc) is 2.39. The number of hydrogen-bond donors (Lipinski definition) is 0. The van der Waals surface area contributed by atoms with Crippen molar-refractivity contribution in [1.29, 1.82) is 0 Å². The van der Waals surface area contributed by atoms with Gasteiger partial charge in [0.1, 0.15) is 0 Å². The largest absolute Gasteiger partial charge is 0.0919 e. The smallest absolute Gasteiger partial charge is 0.0334 e. The molecule has 0 aliphatic carbocycles. The van der Waals surface area contributed by atoms with E-state index in [0.717, 1.165) is 0 Å². The summed E-state index contributed by atoms with van der Waals surface area (Å²) in [7, 11) is 0. The molecule has 0 aromatic heterocycles. The Hall–Kier alpha value is -1.04. The standard InChI is InChI=1S/C8H10.C8H18.C5H12.C4H8.3CH4/c1-7-5-3-4-6-8(7)2;1-7(2,3)8(4,5)6;1-5(2,3)4;1-3-4-2;;;/h3-6H,1-2H3;1-6H3;1-4H3;3-4H,1-2H3;3*1H4/b;;;4-3-;;;. The van der Waals surface area contributed by atoms with Gasteiger partial charge < -0.3 is 0 Å². The van der Waals surface area contributed by atoms with Gasteiger partial charge in [-0.1, -0.05) is 128 Å². The summed E-state index contributed by atoms with van der Waals surface area (Å²) in [6, 6.07) is 8.36. The molecule has 0 atom stereocenters. The summed E-state index contributed by atoms with van der Waals surface area (Å²) in [5.74, 6) is 0. The van der Waals surface area contributed by atoms with Gasteiger partial charge in [0.05, 0.1) is 0 Å². The van der Waals surface area contributed by atoms with E-state index in [0.29, 0.717) is 16.2 Å². The normalized spacial score (nSPS) is 10.2. The van der Waals surface area contributed by atoms with Crippen LogP contribution >= 0.6 is 0 Å². The lowest BCUT2D eigenvalue weighted by molar-refractivity contribution is 0.157. The number of hydrogen-bond acceptors (Lipinski definition) is 0. The van der Waals surface area contributed by atoms with Crippen LogP contribution in [0.3, 0.4) is 0 Å². The summed E-state index contributed by atoms with van der Waals surface area (Å²) in [5, 5.41) is 0. The predicted octanol–water partition coefficient (Wildman–Crippen LogP) is 10.9. The number of benzene rings is 1. The third-order valence-corrected chi connectivity index (χ3v) is 4.01. The SMILES string of the molecule is C.C.C.C/C=C\C.CC(C)(C)C.CC(C)(C)C(C)(C)C.Cc1ccccc1C. The first kappa shape index (κ1) is 41.4. The third kappa shape index (κ3) is 36.0. The monoisotopic (exact) mass is 396 g/mol. The van der Waals surface area contributed by atoms with Crippen molar-refractivity contribution in [3.05, 3.63) is 47.5 Å². The van der Waals surface area contributed by atoms with Crippen molar-refractivity contribution in [2.45, 2.75) is 119 Å². The summed E-state index contributed by atoms with van der Waals surface area (Å²) >= 11 is 0. The van der Waals surface area contributed by atoms with Gasteiger partial charge >= 0.3 is 0 Å². The van der Waals surface area contributed by atoms with Gasteiger partial charge in [-0.25, -0.2) is 0 Å². The molecule has 1 aromatic carbocycles. The minimum absolute atomic E-state index is 0. The molecule has 0 amide bonds. The minimum Gasteiger partial charge on any atom is -0.0919 e. The number of aryl methyl sites for hydroxylation is 2. The lowest BCUT2D eigenvalue weighted by Crippen LogP contribution is -2.25. The highest BCUT2D eigenvalue weighted by Crippen LogP contribution is 2.36. The molecule has 1 rings (SSSR count). The molecule has 0 heteroatoms. The van der Waals surface area contributed by atoms with Gasteiger partial charge in [0, 0.05) is 0 Å². The van der Waals surface area contributed by atoms with E-state index in [1.807, 2.05) is 26.0 Å². The Morgan fingerprint density at radius 2 is 0.714 bits per heavy atom. The molecule has 0 fully saturated rings. The van der Waals surface area contributed by atoms with E-state index < -0.39 is 0 Å². The molecule has 0 saturated carbocycles. The maximum Gasteiger partial charge on any atom is -0.0334 e. The number of rotatable bonds is 0. The van der Waals surface area contributed by atoms with Crippen molar-refractivity contribution < 1.29 is 0 Å². The van der Waals surface area contributed by atoms with Crippen LogP contribution in [0, 0.1) is 30.1 Å². The van der Waals surface area contributed by atoms with Gasteiger partial charge in [-0.15, -0.1) is 0 Å². The van der Waals surface area contributed by atoms with Crippen LogP contribution in [-0.4, -0.2) is 0 Å². The highest BCUT2D eigenvalue weighted by molar-refractivity contribution is 5.23. The molecule has 28 heavy (non-hydrogen) atoms. The molecule has 172 valence electrons. The fourth-order valence-electron chi connectivity index (χ4n) is 0.663. The Kier molecular flexibility index (Phi) is 28.5. The lowest BCUT2D eigenvalue weighted by atomic mass is 9.71. The van der Waals surface area contributed by atoms with Crippen LogP contribution in [0.1, 0.15) is 116 Å². The molecule has 0 aliphatic rings. The van der Waals surface area contributed by atoms with Crippen LogP contribution in [0.4, 0.5) is 0 Å². The summed E-state index contributed by atoms with van der Waals surface area (Å²) in [5.41, 5.74) is 4.11. The molecule has 0 heterocycles. The van der Waals surface area contributed by atoms with Crippen molar-refractivity contribution in [1.82, 2.24) is 0 Å². The van der Waals surface area contributed by atoms with Crippen molar-refractivity contribution in [3.8, 4) is 0 Å². The van der Waals surface area contributed by atoms with Crippen LogP contribution in [0.15, 0.2) is 36.4 Å². The Labute approximate surface area is 183 Å². The average molecular weight is 397 g/mol. The first-order valence-corrected chi connectivity index (χ1v) is 9.57. The fourth-order valence-corrected chi connectivity index (χ4v) is 0.663. The van der Waals surface area contributed by atoms with Crippen molar-refractivity contribution in [2.24, 2.45) is 16.2 Å². The van der Waals surface area contributed by atoms with Crippen LogP contribution < -0.4 is 0 Å². The second-order valence-electron chi connectivity index (χ2n) is 10.3. The Balaban J connectivity index is -0.0000000577. The van der Waals surface area contributed by atoms with E-state index in [1.54, 1.807) is 0 Å². The van der Waals surface area contributed by atoms with E-state index in [1.165, 1.54) is 11.1 Å². The molecular weight excluding hydrogens is 336 g/mol. The van der Waals surface area contributed by atoms with Gasteiger partial charge in [-0.05, 0) is 55.1 Å². The van der Waals surface area contributed by atoms with Crippen molar-refractivity contribution in [2.75, 3.05) is 0 Å². The van der Waals surface area contributed by atoms with Crippen LogP contribution in [0.25, 0.3) is 0 Å². The van der Waals surface area contributed by atoms with E-state index in [4.69, 9.17) is 0 Å². The minimum atomic E-state index is 0. The molecule has 0 spiro atoms. The van der Waals surface area contributed by atoms with Gasteiger partial charge in [-0.3, -0.25) is 0 Å². The molecule has 0 N–H and O–H groups in total. The van der Waals surface area contributed by atoms with Crippen LogP contribution in [-0.2, 0) is 0 Å². The molecular formula is C28H60. The second-order valence-corrected chi connectivity index (χ2v) is 10.3. The molecule has 0 radical (unpaired) electrons. The van der Waals surface area contributed by atoms with E-state index in [-0.39, 0.29) is 22.3 Å². The quantitative estimate of drug-likeness (QED) is 0.382. The summed E-state index contributed by atoms with van der Waals surface area (Å²) in [6.07, 6.45) is 4.00. The summed E-state index contributed by atoms with van der Waals surface area (Å²) in [6.45, 7) is 30.6. The predicted molar refractivity (Wildman–Crippen MR) is 141 cm³/mol. The maximum atomic E-state index is 2.27. The van der Waals surface area contributed by atoms with E-state index in [2.05, 4.69) is 107 Å². The van der Waals surface area contributed by atoms with Gasteiger partial charge in [0.15, 0.2) is 0 Å². The number of allylic oxidation sites excluding steroid dienone is 2. The van der Waals surface area contributed by atoms with Crippen LogP contribution in [0.2, 0.25) is 0 Å². The highest BCUT2D eigenvalue weighted by atomic mass is 14.3. The maximum absolute atomic E-state index is 2.27. The highest BCUT2D eigenvalue weighted by Gasteiger charge is 2.26. The van der Waals surface area contributed by atoms with Gasteiger partial charge in [0.25, 0.3) is 0 Å². The van der Waals surface area contributed by atoms with Crippen molar-refractivity contribution >= 4 is 0 Å². The lowest BCUT2D eigenvalue weighted by Gasteiger charge is -2.34. The topological polar surface area (TPSA) is 0 Å². The first-order chi connectivity index (χ1) is 11.0. The van der Waals surface area contributed by atoms with Crippen molar-refractivity contribution in [3.63, 3.8) is 0 Å². The van der Waals surface area contributed by atoms with Crippen LogP contribution in [0.5, 0.6) is 0 Å². The zero-order valence-electron chi connectivity index (χ0n) is 20.0. The second kappa shape index (κ2) is 19.3. The molecule has 0 nitrogen and oxygen atoms in total. The Morgan fingerprint density at radius 1 is 0.536 bits per heavy atom.